The molecule has 0 saturated carbocycles. The Morgan fingerprint density at radius 3 is 0.824 bits per heavy atom. The van der Waals surface area contributed by atoms with Crippen molar-refractivity contribution in [2.24, 2.45) is 0 Å². The van der Waals surface area contributed by atoms with Gasteiger partial charge in [0.05, 0.1) is 0 Å². The van der Waals surface area contributed by atoms with Crippen molar-refractivity contribution in [1.29, 1.82) is 0 Å². The lowest BCUT2D eigenvalue weighted by Gasteiger charge is -2.18. The molecule has 0 amide bonds. The smallest absolute Gasteiger partial charge is 0.306 e. The first kappa shape index (κ1) is 71.4. The summed E-state index contributed by atoms with van der Waals surface area (Å²) in [5.41, 5.74) is 0. The molecule has 0 aromatic heterocycles. The summed E-state index contributed by atoms with van der Waals surface area (Å²) >= 11 is 0. The molecule has 0 radical (unpaired) electrons. The molecular weight excluding hydrogens is 913 g/mol. The molecule has 0 rings (SSSR count). The molecule has 0 aliphatic rings. The molecule has 1 atom stereocenters. The Balaban J connectivity index is 4.29. The number of esters is 3. The van der Waals surface area contributed by atoms with Gasteiger partial charge in [0, 0.05) is 19.3 Å². The van der Waals surface area contributed by atoms with E-state index >= 15 is 0 Å². The molecule has 0 bridgehead atoms. The third-order valence-electron chi connectivity index (χ3n) is 14.6. The fraction of sp³-hybridized carbons (Fsp3) is 0.838. The lowest BCUT2D eigenvalue weighted by atomic mass is 10.0. The molecule has 6 nitrogen and oxygen atoms in total. The van der Waals surface area contributed by atoms with Crippen LogP contribution in [0.1, 0.15) is 348 Å². The van der Waals surface area contributed by atoms with Gasteiger partial charge in [0.25, 0.3) is 0 Å². The largest absolute Gasteiger partial charge is 0.462 e. The van der Waals surface area contributed by atoms with Gasteiger partial charge in [-0.3, -0.25) is 14.4 Å². The molecule has 432 valence electrons. The van der Waals surface area contributed by atoms with Crippen LogP contribution in [0.4, 0.5) is 0 Å². The molecule has 6 heteroatoms. The van der Waals surface area contributed by atoms with Crippen molar-refractivity contribution < 1.29 is 28.6 Å². The van der Waals surface area contributed by atoms with Crippen LogP contribution in [0.5, 0.6) is 0 Å². The van der Waals surface area contributed by atoms with Crippen LogP contribution in [0.25, 0.3) is 0 Å². The first-order valence-electron chi connectivity index (χ1n) is 32.6. The summed E-state index contributed by atoms with van der Waals surface area (Å²) in [6.45, 7) is 6.57. The number of rotatable bonds is 60. The van der Waals surface area contributed by atoms with Crippen molar-refractivity contribution in [3.05, 3.63) is 48.6 Å². The van der Waals surface area contributed by atoms with Crippen molar-refractivity contribution in [3.63, 3.8) is 0 Å². The molecule has 0 heterocycles. The fourth-order valence-corrected chi connectivity index (χ4v) is 9.73. The summed E-state index contributed by atoms with van der Waals surface area (Å²) in [4.78, 5) is 38.3. The summed E-state index contributed by atoms with van der Waals surface area (Å²) in [5.74, 6) is -0.878. The third kappa shape index (κ3) is 60.2. The van der Waals surface area contributed by atoms with E-state index in [9.17, 15) is 14.4 Å². The highest BCUT2D eigenvalue weighted by atomic mass is 16.6. The quantitative estimate of drug-likeness (QED) is 0.0261. The molecule has 0 aromatic carbocycles. The Morgan fingerprint density at radius 2 is 0.527 bits per heavy atom. The van der Waals surface area contributed by atoms with Gasteiger partial charge in [-0.2, -0.15) is 0 Å². The average molecular weight is 1040 g/mol. The maximum atomic E-state index is 12.9. The van der Waals surface area contributed by atoms with E-state index < -0.39 is 6.10 Å². The van der Waals surface area contributed by atoms with Gasteiger partial charge >= 0.3 is 17.9 Å². The maximum absolute atomic E-state index is 12.9. The fourth-order valence-electron chi connectivity index (χ4n) is 9.73. The van der Waals surface area contributed by atoms with E-state index in [1.54, 1.807) is 0 Å². The molecule has 0 aromatic rings. The maximum Gasteiger partial charge on any atom is 0.306 e. The number of unbranched alkanes of at least 4 members (excludes halogenated alkanes) is 41. The number of carbonyl (C=O) groups is 3. The van der Waals surface area contributed by atoms with Gasteiger partial charge < -0.3 is 14.2 Å². The Kier molecular flexibility index (Phi) is 60.7. The van der Waals surface area contributed by atoms with Crippen molar-refractivity contribution in [1.82, 2.24) is 0 Å². The Bertz CT molecular complexity index is 1280. The van der Waals surface area contributed by atoms with Crippen LogP contribution in [0.3, 0.4) is 0 Å². The second-order valence-electron chi connectivity index (χ2n) is 22.0. The first-order valence-corrected chi connectivity index (χ1v) is 32.6. The van der Waals surface area contributed by atoms with Crippen molar-refractivity contribution in [2.75, 3.05) is 13.2 Å². The van der Waals surface area contributed by atoms with Crippen molar-refractivity contribution in [3.8, 4) is 0 Å². The molecule has 0 N–H and O–H groups in total. The molecule has 0 spiro atoms. The minimum atomic E-state index is -0.783. The standard InChI is InChI=1S/C68H124O6/c1-4-7-10-13-16-19-22-25-28-30-31-32-33-34-35-36-38-40-43-46-49-52-55-58-61-67(70)73-64-65(63-72-66(69)60-57-54-51-48-45-42-39-27-24-21-18-15-12-9-6-3)74-68(71)62-59-56-53-50-47-44-41-37-29-26-23-20-17-14-11-8-5-2/h8,11,17,20,26,29,41,44,65H,4-7,9-10,12-16,18-19,21-25,27-28,30-40,42-43,45-64H2,1-3H3/b11-8-,20-17-,29-26-,44-41-. The number of hydrogen-bond acceptors (Lipinski definition) is 6. The van der Waals surface area contributed by atoms with Gasteiger partial charge in [0.15, 0.2) is 6.10 Å². The summed E-state index contributed by atoms with van der Waals surface area (Å²) in [6, 6.07) is 0. The Morgan fingerprint density at radius 1 is 0.284 bits per heavy atom. The zero-order valence-electron chi connectivity index (χ0n) is 49.6. The second-order valence-corrected chi connectivity index (χ2v) is 22.0. The van der Waals surface area contributed by atoms with Gasteiger partial charge in [-0.05, 0) is 57.8 Å². The molecule has 0 aliphatic carbocycles. The topological polar surface area (TPSA) is 78.9 Å². The van der Waals surface area contributed by atoms with Crippen LogP contribution in [-0.2, 0) is 28.6 Å². The Labute approximate surface area is 460 Å². The van der Waals surface area contributed by atoms with Gasteiger partial charge in [-0.15, -0.1) is 0 Å². The molecular formula is C68H124O6. The van der Waals surface area contributed by atoms with Gasteiger partial charge in [-0.1, -0.05) is 320 Å². The summed E-state index contributed by atoms with van der Waals surface area (Å²) in [5, 5.41) is 0. The molecule has 74 heavy (non-hydrogen) atoms. The number of hydrogen-bond donors (Lipinski definition) is 0. The van der Waals surface area contributed by atoms with Crippen LogP contribution in [-0.4, -0.2) is 37.2 Å². The van der Waals surface area contributed by atoms with E-state index in [1.807, 2.05) is 0 Å². The van der Waals surface area contributed by atoms with Crippen molar-refractivity contribution in [2.45, 2.75) is 354 Å². The number of allylic oxidation sites excluding steroid dienone is 8. The van der Waals surface area contributed by atoms with E-state index in [0.717, 1.165) is 96.3 Å². The van der Waals surface area contributed by atoms with E-state index in [4.69, 9.17) is 14.2 Å². The van der Waals surface area contributed by atoms with Gasteiger partial charge in [0.2, 0.25) is 0 Å². The van der Waals surface area contributed by atoms with Crippen LogP contribution in [0.2, 0.25) is 0 Å². The highest BCUT2D eigenvalue weighted by molar-refractivity contribution is 5.71. The predicted octanol–water partition coefficient (Wildman–Crippen LogP) is 22.2. The molecule has 0 fully saturated rings. The highest BCUT2D eigenvalue weighted by Gasteiger charge is 2.19. The number of ether oxygens (including phenoxy) is 3. The van der Waals surface area contributed by atoms with Crippen LogP contribution < -0.4 is 0 Å². The SMILES string of the molecule is CC/C=C\C/C=C\C/C=C\C/C=C\CCCCCCC(=O)OC(COC(=O)CCCCCCCCCCCCCCCCC)COC(=O)CCCCCCCCCCCCCCCCCCCCCCCCCC. The second kappa shape index (κ2) is 62.9. The minimum absolute atomic E-state index is 0.0783. The average Bonchev–Trinajstić information content (AvgIpc) is 3.40. The monoisotopic (exact) mass is 1040 g/mol. The molecule has 0 aliphatic heterocycles. The van der Waals surface area contributed by atoms with Crippen molar-refractivity contribution >= 4 is 17.9 Å². The van der Waals surface area contributed by atoms with E-state index in [2.05, 4.69) is 69.4 Å². The predicted molar refractivity (Wildman–Crippen MR) is 321 cm³/mol. The van der Waals surface area contributed by atoms with Gasteiger partial charge in [-0.25, -0.2) is 0 Å². The van der Waals surface area contributed by atoms with Gasteiger partial charge in [0.1, 0.15) is 13.2 Å². The lowest BCUT2D eigenvalue weighted by Crippen LogP contribution is -2.30. The molecule has 0 saturated heterocycles. The zero-order valence-corrected chi connectivity index (χ0v) is 49.6. The van der Waals surface area contributed by atoms with E-state index in [0.29, 0.717) is 19.3 Å². The van der Waals surface area contributed by atoms with E-state index in [-0.39, 0.29) is 31.1 Å². The molecule has 1 unspecified atom stereocenters. The Hall–Kier alpha value is -2.63. The van der Waals surface area contributed by atoms with Crippen LogP contribution in [0, 0.1) is 0 Å². The summed E-state index contributed by atoms with van der Waals surface area (Å²) in [7, 11) is 0. The first-order chi connectivity index (χ1) is 36.5. The van der Waals surface area contributed by atoms with Crippen LogP contribution in [0.15, 0.2) is 48.6 Å². The summed E-state index contributed by atoms with van der Waals surface area (Å²) in [6.07, 6.45) is 78.4. The summed E-state index contributed by atoms with van der Waals surface area (Å²) < 4.78 is 16.9. The third-order valence-corrected chi connectivity index (χ3v) is 14.6. The van der Waals surface area contributed by atoms with E-state index in [1.165, 1.54) is 212 Å². The normalized spacial score (nSPS) is 12.3. The lowest BCUT2D eigenvalue weighted by molar-refractivity contribution is -0.167. The zero-order chi connectivity index (χ0) is 53.6. The van der Waals surface area contributed by atoms with Crippen LogP contribution >= 0.6 is 0 Å². The minimum Gasteiger partial charge on any atom is -0.462 e. The number of carbonyl (C=O) groups excluding carboxylic acids is 3. The highest BCUT2D eigenvalue weighted by Crippen LogP contribution is 2.18.